The van der Waals surface area contributed by atoms with Gasteiger partial charge in [-0.25, -0.2) is 0 Å². The van der Waals surface area contributed by atoms with E-state index >= 15 is 0 Å². The van der Waals surface area contributed by atoms with Gasteiger partial charge in [0.05, 0.1) is 5.03 Å². The molecule has 1 aromatic carbocycles. The average Bonchev–Trinajstić information content (AvgIpc) is 2.82. The number of benzene rings is 1. The van der Waals surface area contributed by atoms with Crippen LogP contribution < -0.4 is 0 Å². The van der Waals surface area contributed by atoms with Crippen LogP contribution in [-0.4, -0.2) is 10.8 Å². The molecule has 1 aromatic heterocycles. The lowest BCUT2D eigenvalue weighted by atomic mass is 10.1. The maximum absolute atomic E-state index is 6.01. The van der Waals surface area contributed by atoms with Crippen LogP contribution in [0.1, 0.15) is 32.0 Å². The number of allylic oxidation sites excluding steroid dienone is 1. The van der Waals surface area contributed by atoms with E-state index in [1.54, 1.807) is 6.21 Å². The van der Waals surface area contributed by atoms with Gasteiger partial charge in [0.2, 0.25) is 0 Å². The number of aryl methyl sites for hydroxylation is 1. The minimum absolute atomic E-state index is 0.104. The maximum Gasteiger partial charge on any atom is 0.131 e. The molecule has 2 nitrogen and oxygen atoms in total. The lowest BCUT2D eigenvalue weighted by molar-refractivity contribution is 0.434. The van der Waals surface area contributed by atoms with Crippen molar-refractivity contribution in [2.75, 3.05) is 0 Å². The average molecular weight is 287 g/mol. The predicted octanol–water partition coefficient (Wildman–Crippen LogP) is 4.94. The van der Waals surface area contributed by atoms with Crippen molar-refractivity contribution in [1.82, 2.24) is 4.57 Å². The van der Waals surface area contributed by atoms with E-state index < -0.39 is 0 Å². The van der Waals surface area contributed by atoms with Crippen LogP contribution in [0.5, 0.6) is 0 Å². The summed E-state index contributed by atoms with van der Waals surface area (Å²) >= 11 is 6.01. The highest BCUT2D eigenvalue weighted by atomic mass is 35.5. The first-order valence-electron chi connectivity index (χ1n) is 7.19. The first-order valence-corrected chi connectivity index (χ1v) is 7.57. The highest BCUT2D eigenvalue weighted by Crippen LogP contribution is 2.30. The van der Waals surface area contributed by atoms with E-state index in [2.05, 4.69) is 59.9 Å². The Kier molecular flexibility index (Phi) is 3.66. The highest BCUT2D eigenvalue weighted by Gasteiger charge is 2.20. The smallest absolute Gasteiger partial charge is 0.131 e. The van der Waals surface area contributed by atoms with E-state index in [4.69, 9.17) is 11.6 Å². The molecule has 104 valence electrons. The molecule has 0 N–H and O–H groups in total. The molecule has 0 aliphatic carbocycles. The summed E-state index contributed by atoms with van der Waals surface area (Å²) in [6.45, 7) is 4.37. The Labute approximate surface area is 124 Å². The number of hydrogen-bond acceptors (Lipinski definition) is 1. The van der Waals surface area contributed by atoms with Crippen LogP contribution in [0.3, 0.4) is 0 Å². The number of dihydropyridines is 1. The number of aromatic nitrogens is 1. The van der Waals surface area contributed by atoms with Gasteiger partial charge in [0.15, 0.2) is 0 Å². The Morgan fingerprint density at radius 3 is 2.90 bits per heavy atom. The largest absolute Gasteiger partial charge is 0.324 e. The first kappa shape index (κ1) is 13.4. The topological polar surface area (TPSA) is 17.3 Å². The molecule has 2 unspecified atom stereocenters. The normalized spacial score (nSPS) is 22.2. The summed E-state index contributed by atoms with van der Waals surface area (Å²) in [5.41, 5.74) is 2.64. The zero-order valence-corrected chi connectivity index (χ0v) is 12.6. The van der Waals surface area contributed by atoms with Gasteiger partial charge in [0.1, 0.15) is 6.17 Å². The Hall–Kier alpha value is -1.54. The van der Waals surface area contributed by atoms with Crippen molar-refractivity contribution in [2.24, 2.45) is 10.9 Å². The van der Waals surface area contributed by atoms with Crippen LogP contribution in [0.4, 0.5) is 0 Å². The summed E-state index contributed by atoms with van der Waals surface area (Å²) in [6, 6.07) is 8.90. The Bertz CT molecular complexity index is 681. The third-order valence-corrected chi connectivity index (χ3v) is 4.08. The summed E-state index contributed by atoms with van der Waals surface area (Å²) in [4.78, 5) is 4.58. The number of rotatable bonds is 3. The van der Waals surface area contributed by atoms with Crippen molar-refractivity contribution in [1.29, 1.82) is 0 Å². The number of nitrogens with zero attached hydrogens (tertiary/aromatic N) is 2. The van der Waals surface area contributed by atoms with E-state index in [0.29, 0.717) is 5.92 Å². The van der Waals surface area contributed by atoms with Crippen LogP contribution in [0.25, 0.3) is 10.9 Å². The lowest BCUT2D eigenvalue weighted by Gasteiger charge is -2.23. The molecule has 2 atom stereocenters. The highest BCUT2D eigenvalue weighted by molar-refractivity contribution is 6.39. The van der Waals surface area contributed by atoms with Crippen LogP contribution in [0, 0.1) is 5.92 Å². The van der Waals surface area contributed by atoms with Crippen molar-refractivity contribution in [3.63, 3.8) is 0 Å². The predicted molar refractivity (Wildman–Crippen MR) is 86.6 cm³/mol. The molecule has 2 heterocycles. The summed E-state index contributed by atoms with van der Waals surface area (Å²) in [5.74, 6) is 0.304. The summed E-state index contributed by atoms with van der Waals surface area (Å²) < 4.78 is 2.24. The SMILES string of the molecule is CCCc1ccc2c(ccn2C2N=CC(Cl)=CC2C)c1. The van der Waals surface area contributed by atoms with E-state index in [9.17, 15) is 0 Å². The molecule has 20 heavy (non-hydrogen) atoms. The molecule has 1 aliphatic rings. The second-order valence-electron chi connectivity index (χ2n) is 5.47. The number of halogens is 1. The molecular formula is C17H19ClN2. The van der Waals surface area contributed by atoms with Gasteiger partial charge in [0.25, 0.3) is 0 Å². The minimum atomic E-state index is 0.104. The Morgan fingerprint density at radius 1 is 1.30 bits per heavy atom. The van der Waals surface area contributed by atoms with Gasteiger partial charge < -0.3 is 4.57 Å². The fourth-order valence-corrected chi connectivity index (χ4v) is 3.13. The van der Waals surface area contributed by atoms with Gasteiger partial charge in [-0.3, -0.25) is 4.99 Å². The number of hydrogen-bond donors (Lipinski definition) is 0. The van der Waals surface area contributed by atoms with Gasteiger partial charge in [0, 0.05) is 23.8 Å². The molecule has 3 heteroatoms. The summed E-state index contributed by atoms with van der Waals surface area (Å²) in [7, 11) is 0. The van der Waals surface area contributed by atoms with Gasteiger partial charge in [-0.15, -0.1) is 0 Å². The molecule has 0 saturated heterocycles. The van der Waals surface area contributed by atoms with E-state index in [1.165, 1.54) is 22.9 Å². The second-order valence-corrected chi connectivity index (χ2v) is 5.91. The molecule has 0 radical (unpaired) electrons. The second kappa shape index (κ2) is 5.45. The third kappa shape index (κ3) is 2.40. The number of fused-ring (bicyclic) bond motifs is 1. The van der Waals surface area contributed by atoms with Crippen molar-refractivity contribution in [3.8, 4) is 0 Å². The van der Waals surface area contributed by atoms with Crippen LogP contribution in [0.15, 0.2) is 46.6 Å². The maximum atomic E-state index is 6.01. The molecule has 0 amide bonds. The molecule has 2 aromatic rings. The minimum Gasteiger partial charge on any atom is -0.324 e. The van der Waals surface area contributed by atoms with Crippen LogP contribution in [0.2, 0.25) is 0 Å². The van der Waals surface area contributed by atoms with E-state index in [1.807, 2.05) is 0 Å². The first-order chi connectivity index (χ1) is 9.69. The van der Waals surface area contributed by atoms with Crippen LogP contribution >= 0.6 is 11.6 Å². The molecule has 0 fully saturated rings. The van der Waals surface area contributed by atoms with Gasteiger partial charge >= 0.3 is 0 Å². The molecule has 0 bridgehead atoms. The quantitative estimate of drug-likeness (QED) is 0.761. The van der Waals surface area contributed by atoms with Gasteiger partial charge in [-0.1, -0.05) is 44.0 Å². The Morgan fingerprint density at radius 2 is 2.15 bits per heavy atom. The molecular weight excluding hydrogens is 268 g/mol. The number of aliphatic imine (C=N–C) groups is 1. The molecule has 0 saturated carbocycles. The summed E-state index contributed by atoms with van der Waals surface area (Å²) in [5, 5.41) is 2.02. The van der Waals surface area contributed by atoms with Crippen molar-refractivity contribution >= 4 is 28.7 Å². The fourth-order valence-electron chi connectivity index (χ4n) is 2.88. The van der Waals surface area contributed by atoms with E-state index in [-0.39, 0.29) is 6.17 Å². The van der Waals surface area contributed by atoms with Crippen molar-refractivity contribution in [3.05, 3.63) is 47.1 Å². The lowest BCUT2D eigenvalue weighted by Crippen LogP contribution is -2.16. The molecule has 3 rings (SSSR count). The third-order valence-electron chi connectivity index (χ3n) is 3.85. The molecule has 0 spiro atoms. The standard InChI is InChI=1S/C17H19ClN2/c1-3-4-13-5-6-16-14(10-13)7-8-20(16)17-12(2)9-15(18)11-19-17/h5-12,17H,3-4H2,1-2H3. The van der Waals surface area contributed by atoms with E-state index in [0.717, 1.165) is 11.5 Å². The van der Waals surface area contributed by atoms with Crippen LogP contribution in [-0.2, 0) is 6.42 Å². The van der Waals surface area contributed by atoms with Crippen molar-refractivity contribution < 1.29 is 0 Å². The Balaban J connectivity index is 1.99. The zero-order valence-electron chi connectivity index (χ0n) is 11.9. The fraction of sp³-hybridized carbons (Fsp3) is 0.353. The monoisotopic (exact) mass is 286 g/mol. The van der Waals surface area contributed by atoms with Gasteiger partial charge in [-0.05, 0) is 35.6 Å². The molecule has 1 aliphatic heterocycles. The zero-order chi connectivity index (χ0) is 14.1. The van der Waals surface area contributed by atoms with Gasteiger partial charge in [-0.2, -0.15) is 0 Å². The summed E-state index contributed by atoms with van der Waals surface area (Å²) in [6.07, 6.45) is 8.37. The van der Waals surface area contributed by atoms with Crippen molar-refractivity contribution in [2.45, 2.75) is 32.9 Å².